The molecule has 18 heavy (non-hydrogen) atoms. The zero-order chi connectivity index (χ0) is 13.1. The fourth-order valence-corrected chi connectivity index (χ4v) is 2.18. The zero-order valence-corrected chi connectivity index (χ0v) is 10.6. The van der Waals surface area contributed by atoms with Crippen molar-refractivity contribution in [2.45, 2.75) is 32.6 Å². The Kier molecular flexibility index (Phi) is 3.65. The normalized spacial score (nSPS) is 11.1. The molecule has 3 nitrogen and oxygen atoms in total. The molecule has 0 fully saturated rings. The molecule has 0 spiro atoms. The molecule has 0 unspecified atom stereocenters. The molecule has 2 N–H and O–H groups in total. The average molecular weight is 248 g/mol. The van der Waals surface area contributed by atoms with Gasteiger partial charge in [0.1, 0.15) is 5.82 Å². The topological polar surface area (TPSA) is 52.0 Å². The van der Waals surface area contributed by atoms with Crippen LogP contribution in [0.25, 0.3) is 11.1 Å². The Morgan fingerprint density at radius 3 is 2.39 bits per heavy atom. The highest BCUT2D eigenvalue weighted by atomic mass is 19.1. The standard InChI is InChI=1S/C14H17FN2O/c1-3-9(4-2)13-12(14(16)18-17-13)10-5-7-11(15)8-6-10/h5-9H,3-4,16H2,1-2H3. The maximum absolute atomic E-state index is 13.0. The van der Waals surface area contributed by atoms with E-state index in [0.717, 1.165) is 29.7 Å². The first kappa shape index (κ1) is 12.6. The van der Waals surface area contributed by atoms with E-state index in [9.17, 15) is 4.39 Å². The summed E-state index contributed by atoms with van der Waals surface area (Å²) in [4.78, 5) is 0. The molecule has 4 heteroatoms. The van der Waals surface area contributed by atoms with E-state index in [1.54, 1.807) is 12.1 Å². The van der Waals surface area contributed by atoms with Gasteiger partial charge in [-0.2, -0.15) is 0 Å². The molecule has 0 radical (unpaired) electrons. The van der Waals surface area contributed by atoms with Crippen LogP contribution in [-0.4, -0.2) is 5.16 Å². The molecular weight excluding hydrogens is 231 g/mol. The summed E-state index contributed by atoms with van der Waals surface area (Å²) in [7, 11) is 0. The van der Waals surface area contributed by atoms with Crippen LogP contribution in [0.2, 0.25) is 0 Å². The van der Waals surface area contributed by atoms with E-state index < -0.39 is 0 Å². The summed E-state index contributed by atoms with van der Waals surface area (Å²) < 4.78 is 18.0. The third-order valence-electron chi connectivity index (χ3n) is 3.25. The second-order valence-corrected chi connectivity index (χ2v) is 4.33. The minimum atomic E-state index is -0.266. The summed E-state index contributed by atoms with van der Waals surface area (Å²) in [5.74, 6) is 0.340. The molecule has 1 aromatic heterocycles. The Morgan fingerprint density at radius 2 is 1.83 bits per heavy atom. The molecular formula is C14H17FN2O. The van der Waals surface area contributed by atoms with E-state index in [1.165, 1.54) is 12.1 Å². The Morgan fingerprint density at radius 1 is 1.22 bits per heavy atom. The summed E-state index contributed by atoms with van der Waals surface area (Å²) >= 11 is 0. The third kappa shape index (κ3) is 2.23. The van der Waals surface area contributed by atoms with Gasteiger partial charge in [-0.25, -0.2) is 4.39 Å². The van der Waals surface area contributed by atoms with Crippen molar-refractivity contribution in [3.8, 4) is 11.1 Å². The van der Waals surface area contributed by atoms with Gasteiger partial charge < -0.3 is 10.3 Å². The van der Waals surface area contributed by atoms with E-state index in [2.05, 4.69) is 19.0 Å². The fraction of sp³-hybridized carbons (Fsp3) is 0.357. The quantitative estimate of drug-likeness (QED) is 0.890. The summed E-state index contributed by atoms with van der Waals surface area (Å²) in [6.07, 6.45) is 1.94. The summed E-state index contributed by atoms with van der Waals surface area (Å²) in [6.45, 7) is 4.21. The van der Waals surface area contributed by atoms with Crippen LogP contribution in [0.3, 0.4) is 0 Å². The first-order chi connectivity index (χ1) is 8.67. The number of nitrogens with zero attached hydrogens (tertiary/aromatic N) is 1. The smallest absolute Gasteiger partial charge is 0.230 e. The Bertz CT molecular complexity index is 515. The van der Waals surface area contributed by atoms with Crippen LogP contribution in [0.15, 0.2) is 28.8 Å². The number of anilines is 1. The van der Waals surface area contributed by atoms with Crippen molar-refractivity contribution < 1.29 is 8.91 Å². The van der Waals surface area contributed by atoms with Crippen molar-refractivity contribution in [3.05, 3.63) is 35.8 Å². The number of aromatic nitrogens is 1. The number of nitrogens with two attached hydrogens (primary N) is 1. The predicted octanol–water partition coefficient (Wildman–Crippen LogP) is 3.97. The van der Waals surface area contributed by atoms with Gasteiger partial charge >= 0.3 is 0 Å². The monoisotopic (exact) mass is 248 g/mol. The molecule has 0 saturated heterocycles. The van der Waals surface area contributed by atoms with Crippen LogP contribution in [0.1, 0.15) is 38.3 Å². The second-order valence-electron chi connectivity index (χ2n) is 4.33. The lowest BCUT2D eigenvalue weighted by atomic mass is 9.93. The second kappa shape index (κ2) is 5.21. The molecule has 2 rings (SSSR count). The highest BCUT2D eigenvalue weighted by Gasteiger charge is 2.21. The predicted molar refractivity (Wildman–Crippen MR) is 69.6 cm³/mol. The van der Waals surface area contributed by atoms with Gasteiger partial charge in [-0.1, -0.05) is 31.1 Å². The largest absolute Gasteiger partial charge is 0.367 e. The lowest BCUT2D eigenvalue weighted by Gasteiger charge is -2.10. The molecule has 0 aliphatic heterocycles. The molecule has 0 bridgehead atoms. The van der Waals surface area contributed by atoms with Crippen molar-refractivity contribution in [1.29, 1.82) is 0 Å². The van der Waals surface area contributed by atoms with Crippen molar-refractivity contribution in [3.63, 3.8) is 0 Å². The number of nitrogen functional groups attached to an aromatic ring is 1. The molecule has 1 aromatic carbocycles. The van der Waals surface area contributed by atoms with Crippen LogP contribution >= 0.6 is 0 Å². The van der Waals surface area contributed by atoms with E-state index in [0.29, 0.717) is 11.8 Å². The van der Waals surface area contributed by atoms with E-state index >= 15 is 0 Å². The number of hydrogen-bond donors (Lipinski definition) is 1. The maximum Gasteiger partial charge on any atom is 0.230 e. The fourth-order valence-electron chi connectivity index (χ4n) is 2.18. The Balaban J connectivity index is 2.49. The lowest BCUT2D eigenvalue weighted by Crippen LogP contribution is -1.99. The minimum Gasteiger partial charge on any atom is -0.367 e. The highest BCUT2D eigenvalue weighted by molar-refractivity contribution is 5.75. The number of halogens is 1. The van der Waals surface area contributed by atoms with Crippen LogP contribution in [-0.2, 0) is 0 Å². The maximum atomic E-state index is 13.0. The number of benzene rings is 1. The van der Waals surface area contributed by atoms with Crippen LogP contribution < -0.4 is 5.73 Å². The van der Waals surface area contributed by atoms with Gasteiger partial charge in [0.25, 0.3) is 0 Å². The summed E-state index contributed by atoms with van der Waals surface area (Å²) in [5, 5.41) is 4.06. The van der Waals surface area contributed by atoms with Crippen molar-refractivity contribution in [1.82, 2.24) is 5.16 Å². The SMILES string of the molecule is CCC(CC)c1noc(N)c1-c1ccc(F)cc1. The zero-order valence-electron chi connectivity index (χ0n) is 10.6. The molecule has 0 atom stereocenters. The van der Waals surface area contributed by atoms with Gasteiger partial charge in [0.2, 0.25) is 5.88 Å². The first-order valence-corrected chi connectivity index (χ1v) is 6.18. The van der Waals surface area contributed by atoms with Gasteiger partial charge in [-0.15, -0.1) is 0 Å². The molecule has 0 aliphatic carbocycles. The van der Waals surface area contributed by atoms with Gasteiger partial charge in [-0.05, 0) is 30.5 Å². The van der Waals surface area contributed by atoms with Gasteiger partial charge in [0.15, 0.2) is 0 Å². The van der Waals surface area contributed by atoms with Gasteiger partial charge in [0, 0.05) is 5.92 Å². The molecule has 0 saturated carbocycles. The lowest BCUT2D eigenvalue weighted by molar-refractivity contribution is 0.416. The van der Waals surface area contributed by atoms with Crippen molar-refractivity contribution in [2.24, 2.45) is 0 Å². The molecule has 0 amide bonds. The molecule has 0 aliphatic rings. The van der Waals surface area contributed by atoms with Crippen LogP contribution in [0, 0.1) is 5.82 Å². The van der Waals surface area contributed by atoms with Crippen LogP contribution in [0.4, 0.5) is 10.3 Å². The Labute approximate surface area is 106 Å². The summed E-state index contributed by atoms with van der Waals surface area (Å²) in [6, 6.07) is 6.23. The summed E-state index contributed by atoms with van der Waals surface area (Å²) in [5.41, 5.74) is 8.34. The Hall–Kier alpha value is -1.84. The minimum absolute atomic E-state index is 0.266. The van der Waals surface area contributed by atoms with Crippen molar-refractivity contribution in [2.75, 3.05) is 5.73 Å². The van der Waals surface area contributed by atoms with Crippen molar-refractivity contribution >= 4 is 5.88 Å². The molecule has 96 valence electrons. The number of hydrogen-bond acceptors (Lipinski definition) is 3. The molecule has 1 heterocycles. The van der Waals surface area contributed by atoms with Crippen LogP contribution in [0.5, 0.6) is 0 Å². The van der Waals surface area contributed by atoms with Gasteiger partial charge in [0.05, 0.1) is 11.3 Å². The first-order valence-electron chi connectivity index (χ1n) is 6.18. The van der Waals surface area contributed by atoms with E-state index in [4.69, 9.17) is 10.3 Å². The number of rotatable bonds is 4. The third-order valence-corrected chi connectivity index (χ3v) is 3.25. The van der Waals surface area contributed by atoms with E-state index in [-0.39, 0.29) is 5.82 Å². The molecule has 2 aromatic rings. The average Bonchev–Trinajstić information content (AvgIpc) is 2.74. The van der Waals surface area contributed by atoms with E-state index in [1.807, 2.05) is 0 Å². The highest BCUT2D eigenvalue weighted by Crippen LogP contribution is 2.36. The van der Waals surface area contributed by atoms with Gasteiger partial charge in [-0.3, -0.25) is 0 Å².